The van der Waals surface area contributed by atoms with Crippen LogP contribution in [0, 0.1) is 0 Å². The molecule has 3 heteroatoms. The number of nitrogens with one attached hydrogen (secondary N) is 1. The second-order valence-corrected chi connectivity index (χ2v) is 5.75. The number of rotatable bonds is 5. The number of anilines is 1. The van der Waals surface area contributed by atoms with E-state index in [1.165, 1.54) is 11.6 Å². The smallest absolute Gasteiger partial charge is 0.248 e. The zero-order valence-electron chi connectivity index (χ0n) is 12.8. The van der Waals surface area contributed by atoms with Crippen molar-refractivity contribution in [3.63, 3.8) is 0 Å². The minimum atomic E-state index is -0.156. The Morgan fingerprint density at radius 1 is 1.23 bits per heavy atom. The van der Waals surface area contributed by atoms with E-state index in [1.807, 2.05) is 30.3 Å². The van der Waals surface area contributed by atoms with Crippen molar-refractivity contribution in [1.82, 2.24) is 0 Å². The maximum Gasteiger partial charge on any atom is 0.248 e. The molecule has 0 saturated carbocycles. The third-order valence-corrected chi connectivity index (χ3v) is 3.87. The number of hydrogen-bond acceptors (Lipinski definition) is 1. The van der Waals surface area contributed by atoms with E-state index in [9.17, 15) is 4.79 Å². The van der Waals surface area contributed by atoms with Crippen molar-refractivity contribution in [2.24, 2.45) is 0 Å². The second kappa shape index (κ2) is 7.81. The van der Waals surface area contributed by atoms with E-state index in [-0.39, 0.29) is 5.91 Å². The van der Waals surface area contributed by atoms with Crippen LogP contribution in [0.2, 0.25) is 5.02 Å². The SMILES string of the molecule is CCC(C)c1ccc(NC(=O)C=Cc2cccc(Cl)c2)cc1. The molecule has 0 fully saturated rings. The first kappa shape index (κ1) is 16.3. The van der Waals surface area contributed by atoms with Crippen LogP contribution in [0.5, 0.6) is 0 Å². The van der Waals surface area contributed by atoms with Crippen molar-refractivity contribution in [1.29, 1.82) is 0 Å². The molecule has 0 aliphatic carbocycles. The van der Waals surface area contributed by atoms with Gasteiger partial charge in [0.15, 0.2) is 0 Å². The molecule has 0 aromatic heterocycles. The van der Waals surface area contributed by atoms with Gasteiger partial charge in [0.2, 0.25) is 5.91 Å². The summed E-state index contributed by atoms with van der Waals surface area (Å²) in [6.45, 7) is 4.36. The molecular formula is C19H20ClNO. The lowest BCUT2D eigenvalue weighted by Crippen LogP contribution is -2.07. The van der Waals surface area contributed by atoms with E-state index >= 15 is 0 Å². The Morgan fingerprint density at radius 2 is 1.95 bits per heavy atom. The fraction of sp³-hybridized carbons (Fsp3) is 0.211. The molecule has 114 valence electrons. The van der Waals surface area contributed by atoms with Gasteiger partial charge in [-0.25, -0.2) is 0 Å². The molecule has 2 rings (SSSR count). The van der Waals surface area contributed by atoms with Gasteiger partial charge in [-0.1, -0.05) is 49.7 Å². The molecule has 2 aromatic carbocycles. The molecule has 1 atom stereocenters. The molecule has 1 N–H and O–H groups in total. The molecule has 0 bridgehead atoms. The number of amides is 1. The molecular weight excluding hydrogens is 294 g/mol. The van der Waals surface area contributed by atoms with Crippen LogP contribution in [0.4, 0.5) is 5.69 Å². The maximum atomic E-state index is 11.9. The van der Waals surface area contributed by atoms with Crippen molar-refractivity contribution < 1.29 is 4.79 Å². The van der Waals surface area contributed by atoms with Crippen molar-refractivity contribution in [2.75, 3.05) is 5.32 Å². The molecule has 0 spiro atoms. The lowest BCUT2D eigenvalue weighted by molar-refractivity contribution is -0.111. The Bertz CT molecular complexity index is 661. The van der Waals surface area contributed by atoms with Gasteiger partial charge in [-0.05, 0) is 53.8 Å². The molecule has 0 radical (unpaired) electrons. The van der Waals surface area contributed by atoms with Crippen molar-refractivity contribution >= 4 is 29.3 Å². The van der Waals surface area contributed by atoms with Gasteiger partial charge >= 0.3 is 0 Å². The minimum absolute atomic E-state index is 0.156. The monoisotopic (exact) mass is 313 g/mol. The highest BCUT2D eigenvalue weighted by Crippen LogP contribution is 2.20. The van der Waals surface area contributed by atoms with E-state index in [0.29, 0.717) is 10.9 Å². The normalized spacial score (nSPS) is 12.3. The lowest BCUT2D eigenvalue weighted by Gasteiger charge is -2.09. The topological polar surface area (TPSA) is 29.1 Å². The summed E-state index contributed by atoms with van der Waals surface area (Å²) in [5, 5.41) is 3.51. The Balaban J connectivity index is 1.97. The van der Waals surface area contributed by atoms with Crippen LogP contribution < -0.4 is 5.32 Å². The maximum absolute atomic E-state index is 11.9. The number of benzene rings is 2. The van der Waals surface area contributed by atoms with Crippen LogP contribution in [0.1, 0.15) is 37.3 Å². The Hall–Kier alpha value is -2.06. The van der Waals surface area contributed by atoms with E-state index in [4.69, 9.17) is 11.6 Å². The summed E-state index contributed by atoms with van der Waals surface area (Å²) in [6.07, 6.45) is 4.36. The van der Waals surface area contributed by atoms with E-state index in [0.717, 1.165) is 17.7 Å². The predicted octanol–water partition coefficient (Wildman–Crippen LogP) is 5.51. The lowest BCUT2D eigenvalue weighted by atomic mass is 9.99. The van der Waals surface area contributed by atoms with Gasteiger partial charge in [-0.15, -0.1) is 0 Å². The highest BCUT2D eigenvalue weighted by molar-refractivity contribution is 6.30. The van der Waals surface area contributed by atoms with Gasteiger partial charge in [0.05, 0.1) is 0 Å². The highest BCUT2D eigenvalue weighted by atomic mass is 35.5. The molecule has 2 nitrogen and oxygen atoms in total. The van der Waals surface area contributed by atoms with Crippen LogP contribution >= 0.6 is 11.6 Å². The average molecular weight is 314 g/mol. The third kappa shape index (κ3) is 4.74. The second-order valence-electron chi connectivity index (χ2n) is 5.31. The first-order chi connectivity index (χ1) is 10.6. The van der Waals surface area contributed by atoms with Crippen LogP contribution in [-0.2, 0) is 4.79 Å². The van der Waals surface area contributed by atoms with Gasteiger partial charge in [0.25, 0.3) is 0 Å². The van der Waals surface area contributed by atoms with Crippen LogP contribution in [0.25, 0.3) is 6.08 Å². The first-order valence-electron chi connectivity index (χ1n) is 7.43. The van der Waals surface area contributed by atoms with Crippen LogP contribution in [0.15, 0.2) is 54.6 Å². The molecule has 0 saturated heterocycles. The average Bonchev–Trinajstić information content (AvgIpc) is 2.53. The van der Waals surface area contributed by atoms with Crippen molar-refractivity contribution in [3.05, 3.63) is 70.8 Å². The summed E-state index contributed by atoms with van der Waals surface area (Å²) >= 11 is 5.91. The van der Waals surface area contributed by atoms with E-state index in [1.54, 1.807) is 12.1 Å². The quantitative estimate of drug-likeness (QED) is 0.725. The standard InChI is InChI=1S/C19H20ClNO/c1-3-14(2)16-8-10-18(11-9-16)21-19(22)12-7-15-5-4-6-17(20)13-15/h4-14H,3H2,1-2H3,(H,21,22). The molecule has 2 aromatic rings. The van der Waals surface area contributed by atoms with Crippen molar-refractivity contribution in [2.45, 2.75) is 26.2 Å². The van der Waals surface area contributed by atoms with E-state index in [2.05, 4.69) is 31.3 Å². The van der Waals surface area contributed by atoms with Crippen LogP contribution in [0.3, 0.4) is 0 Å². The Labute approximate surface area is 136 Å². The molecule has 1 amide bonds. The van der Waals surface area contributed by atoms with Gasteiger partial charge in [-0.3, -0.25) is 4.79 Å². The molecule has 0 heterocycles. The summed E-state index contributed by atoms with van der Waals surface area (Å²) in [5.41, 5.74) is 2.98. The number of carbonyl (C=O) groups excluding carboxylic acids is 1. The van der Waals surface area contributed by atoms with Gasteiger partial charge in [-0.2, -0.15) is 0 Å². The van der Waals surface area contributed by atoms with Gasteiger partial charge in [0.1, 0.15) is 0 Å². The van der Waals surface area contributed by atoms with Gasteiger partial charge < -0.3 is 5.32 Å². The summed E-state index contributed by atoms with van der Waals surface area (Å²) < 4.78 is 0. The fourth-order valence-electron chi connectivity index (χ4n) is 2.10. The largest absolute Gasteiger partial charge is 0.323 e. The molecule has 0 aliphatic rings. The summed E-state index contributed by atoms with van der Waals surface area (Å²) in [6, 6.07) is 15.4. The fourth-order valence-corrected chi connectivity index (χ4v) is 2.30. The molecule has 1 unspecified atom stereocenters. The third-order valence-electron chi connectivity index (χ3n) is 3.64. The van der Waals surface area contributed by atoms with Crippen LogP contribution in [-0.4, -0.2) is 5.91 Å². The predicted molar refractivity (Wildman–Crippen MR) is 94.3 cm³/mol. The Morgan fingerprint density at radius 3 is 2.59 bits per heavy atom. The number of carbonyl (C=O) groups is 1. The summed E-state index contributed by atoms with van der Waals surface area (Å²) in [4.78, 5) is 11.9. The van der Waals surface area contributed by atoms with E-state index < -0.39 is 0 Å². The van der Waals surface area contributed by atoms with Crippen molar-refractivity contribution in [3.8, 4) is 0 Å². The molecule has 22 heavy (non-hydrogen) atoms. The number of halogens is 1. The molecule has 0 aliphatic heterocycles. The number of hydrogen-bond donors (Lipinski definition) is 1. The Kier molecular flexibility index (Phi) is 5.79. The summed E-state index contributed by atoms with van der Waals surface area (Å²) in [5.74, 6) is 0.378. The first-order valence-corrected chi connectivity index (χ1v) is 7.81. The summed E-state index contributed by atoms with van der Waals surface area (Å²) in [7, 11) is 0. The zero-order valence-corrected chi connectivity index (χ0v) is 13.6. The van der Waals surface area contributed by atoms with Gasteiger partial charge in [0, 0.05) is 16.8 Å². The zero-order chi connectivity index (χ0) is 15.9. The highest BCUT2D eigenvalue weighted by Gasteiger charge is 2.03. The minimum Gasteiger partial charge on any atom is -0.323 e.